The van der Waals surface area contributed by atoms with Crippen molar-refractivity contribution < 1.29 is 14.3 Å². The van der Waals surface area contributed by atoms with Gasteiger partial charge in [0, 0.05) is 13.1 Å². The molecule has 2 amide bonds. The minimum Gasteiger partial charge on any atom is -0.373 e. The molecule has 0 unspecified atom stereocenters. The van der Waals surface area contributed by atoms with Gasteiger partial charge in [0.05, 0.1) is 40.0 Å². The number of nitrogens with zero attached hydrogens (tertiary/aromatic N) is 2. The van der Waals surface area contributed by atoms with Crippen LogP contribution in [-0.4, -0.2) is 53.6 Å². The highest BCUT2D eigenvalue weighted by Crippen LogP contribution is 2.31. The van der Waals surface area contributed by atoms with Crippen LogP contribution in [0.5, 0.6) is 0 Å². The molecule has 0 spiro atoms. The van der Waals surface area contributed by atoms with Crippen molar-refractivity contribution in [2.24, 2.45) is 0 Å². The molecule has 1 aromatic rings. The van der Waals surface area contributed by atoms with E-state index in [2.05, 4.69) is 0 Å². The van der Waals surface area contributed by atoms with E-state index in [0.717, 1.165) is 0 Å². The number of amides is 2. The van der Waals surface area contributed by atoms with Crippen LogP contribution in [0.15, 0.2) is 12.1 Å². The maximum Gasteiger partial charge on any atom is 0.262 e. The van der Waals surface area contributed by atoms with Crippen molar-refractivity contribution in [2.75, 3.05) is 26.4 Å². The van der Waals surface area contributed by atoms with Gasteiger partial charge in [0.15, 0.2) is 0 Å². The molecule has 7 heteroatoms. The summed E-state index contributed by atoms with van der Waals surface area (Å²) >= 11 is 11.9. The van der Waals surface area contributed by atoms with Crippen LogP contribution in [0.1, 0.15) is 34.6 Å². The fraction of sp³-hybridized carbons (Fsp3) is 0.467. The molecule has 1 saturated heterocycles. The average molecular weight is 343 g/mol. The van der Waals surface area contributed by atoms with E-state index in [1.165, 1.54) is 17.0 Å². The predicted molar refractivity (Wildman–Crippen MR) is 83.4 cm³/mol. The molecule has 0 radical (unpaired) electrons. The van der Waals surface area contributed by atoms with Gasteiger partial charge in [-0.1, -0.05) is 23.2 Å². The molecule has 22 heavy (non-hydrogen) atoms. The first kappa shape index (κ1) is 15.7. The van der Waals surface area contributed by atoms with Crippen LogP contribution in [0.3, 0.4) is 0 Å². The van der Waals surface area contributed by atoms with E-state index in [1.807, 2.05) is 18.7 Å². The van der Waals surface area contributed by atoms with Gasteiger partial charge in [-0.15, -0.1) is 0 Å². The second-order valence-electron chi connectivity index (χ2n) is 6.15. The summed E-state index contributed by atoms with van der Waals surface area (Å²) in [4.78, 5) is 28.2. The first-order valence-corrected chi connectivity index (χ1v) is 7.76. The molecule has 0 aromatic heterocycles. The molecule has 2 heterocycles. The van der Waals surface area contributed by atoms with Crippen molar-refractivity contribution in [3.63, 3.8) is 0 Å². The van der Waals surface area contributed by atoms with Crippen LogP contribution in [0, 0.1) is 0 Å². The maximum absolute atomic E-state index is 12.5. The molecule has 1 aromatic carbocycles. The van der Waals surface area contributed by atoms with Gasteiger partial charge in [-0.05, 0) is 26.0 Å². The molecule has 2 aliphatic rings. The lowest BCUT2D eigenvalue weighted by Gasteiger charge is -2.39. The molecule has 0 N–H and O–H groups in total. The summed E-state index contributed by atoms with van der Waals surface area (Å²) in [5, 5.41) is 0.548. The molecule has 0 saturated carbocycles. The number of benzene rings is 1. The van der Waals surface area contributed by atoms with Crippen LogP contribution >= 0.6 is 23.2 Å². The molecule has 118 valence electrons. The standard InChI is InChI=1S/C15H16Cl2N2O3/c1-15(2)7-18(3-4-22-15)8-19-13(20)9-5-11(16)12(17)6-10(9)14(19)21/h5-6H,3-4,7-8H2,1-2H3. The lowest BCUT2D eigenvalue weighted by Crippen LogP contribution is -2.52. The summed E-state index contributed by atoms with van der Waals surface area (Å²) in [6, 6.07) is 2.92. The Morgan fingerprint density at radius 3 is 2.18 bits per heavy atom. The number of fused-ring (bicyclic) bond motifs is 1. The molecule has 1 fully saturated rings. The first-order chi connectivity index (χ1) is 10.3. The third kappa shape index (κ3) is 2.74. The maximum atomic E-state index is 12.5. The van der Waals surface area contributed by atoms with Crippen molar-refractivity contribution >= 4 is 35.0 Å². The number of hydrogen-bond acceptors (Lipinski definition) is 4. The third-order valence-electron chi connectivity index (χ3n) is 3.86. The minimum absolute atomic E-state index is 0.244. The van der Waals surface area contributed by atoms with E-state index in [0.29, 0.717) is 30.8 Å². The van der Waals surface area contributed by atoms with Crippen molar-refractivity contribution in [1.29, 1.82) is 0 Å². The molecule has 5 nitrogen and oxygen atoms in total. The summed E-state index contributed by atoms with van der Waals surface area (Å²) in [6.07, 6.45) is 0. The number of imide groups is 1. The van der Waals surface area contributed by atoms with Crippen LogP contribution < -0.4 is 0 Å². The van der Waals surface area contributed by atoms with E-state index in [4.69, 9.17) is 27.9 Å². The Balaban J connectivity index is 1.82. The van der Waals surface area contributed by atoms with Gasteiger partial charge >= 0.3 is 0 Å². The lowest BCUT2D eigenvalue weighted by atomic mass is 10.1. The molecule has 0 atom stereocenters. The second-order valence-corrected chi connectivity index (χ2v) is 6.97. The Bertz CT molecular complexity index is 619. The smallest absolute Gasteiger partial charge is 0.262 e. The molecular weight excluding hydrogens is 327 g/mol. The number of carbonyl (C=O) groups excluding carboxylic acids is 2. The molecule has 2 aliphatic heterocycles. The normalized spacial score (nSPS) is 21.4. The molecule has 0 bridgehead atoms. The summed E-state index contributed by atoms with van der Waals surface area (Å²) in [7, 11) is 0. The van der Waals surface area contributed by atoms with Gasteiger partial charge in [-0.25, -0.2) is 0 Å². The number of morpholine rings is 1. The highest BCUT2D eigenvalue weighted by molar-refractivity contribution is 6.43. The molecule has 0 aliphatic carbocycles. The third-order valence-corrected chi connectivity index (χ3v) is 4.58. The zero-order chi connectivity index (χ0) is 16.1. The Hall–Kier alpha value is -1.14. The van der Waals surface area contributed by atoms with Gasteiger partial charge in [-0.3, -0.25) is 19.4 Å². The Kier molecular flexibility index (Phi) is 3.93. The van der Waals surface area contributed by atoms with E-state index < -0.39 is 0 Å². The number of rotatable bonds is 2. The largest absolute Gasteiger partial charge is 0.373 e. The number of ether oxygens (including phenoxy) is 1. The monoisotopic (exact) mass is 342 g/mol. The fourth-order valence-electron chi connectivity index (χ4n) is 2.85. The van der Waals surface area contributed by atoms with E-state index in [1.54, 1.807) is 0 Å². The predicted octanol–water partition coefficient (Wildman–Crippen LogP) is 2.66. The fourth-order valence-corrected chi connectivity index (χ4v) is 3.17. The lowest BCUT2D eigenvalue weighted by molar-refractivity contribution is -0.0927. The van der Waals surface area contributed by atoms with Gasteiger partial charge in [0.25, 0.3) is 11.8 Å². The highest BCUT2D eigenvalue weighted by Gasteiger charge is 2.38. The van der Waals surface area contributed by atoms with Crippen LogP contribution in [0.4, 0.5) is 0 Å². The average Bonchev–Trinajstić information content (AvgIpc) is 2.64. The van der Waals surface area contributed by atoms with E-state index in [-0.39, 0.29) is 34.1 Å². The van der Waals surface area contributed by atoms with Gasteiger partial charge in [0.1, 0.15) is 0 Å². The molecule has 3 rings (SSSR count). The van der Waals surface area contributed by atoms with Crippen molar-refractivity contribution in [2.45, 2.75) is 19.4 Å². The number of carbonyl (C=O) groups is 2. The number of hydrogen-bond donors (Lipinski definition) is 0. The van der Waals surface area contributed by atoms with Crippen LogP contribution in [0.25, 0.3) is 0 Å². The second kappa shape index (κ2) is 5.49. The summed E-state index contributed by atoms with van der Waals surface area (Å²) in [6.45, 7) is 6.13. The topological polar surface area (TPSA) is 49.9 Å². The molecular formula is C15H16Cl2N2O3. The zero-order valence-corrected chi connectivity index (χ0v) is 13.9. The van der Waals surface area contributed by atoms with Gasteiger partial charge < -0.3 is 4.74 Å². The Labute approximate surface area is 138 Å². The minimum atomic E-state index is -0.331. The van der Waals surface area contributed by atoms with Gasteiger partial charge in [0.2, 0.25) is 0 Å². The number of halogens is 2. The van der Waals surface area contributed by atoms with Crippen LogP contribution in [0.2, 0.25) is 10.0 Å². The Morgan fingerprint density at radius 2 is 1.68 bits per heavy atom. The quantitative estimate of drug-likeness (QED) is 0.775. The summed E-state index contributed by atoms with van der Waals surface area (Å²) < 4.78 is 5.64. The first-order valence-electron chi connectivity index (χ1n) is 7.00. The Morgan fingerprint density at radius 1 is 1.14 bits per heavy atom. The summed E-state index contributed by atoms with van der Waals surface area (Å²) in [5.41, 5.74) is 0.336. The van der Waals surface area contributed by atoms with E-state index in [9.17, 15) is 9.59 Å². The van der Waals surface area contributed by atoms with Gasteiger partial charge in [-0.2, -0.15) is 0 Å². The van der Waals surface area contributed by atoms with Crippen molar-refractivity contribution in [3.8, 4) is 0 Å². The van der Waals surface area contributed by atoms with Crippen molar-refractivity contribution in [1.82, 2.24) is 9.80 Å². The van der Waals surface area contributed by atoms with Crippen molar-refractivity contribution in [3.05, 3.63) is 33.3 Å². The summed E-state index contributed by atoms with van der Waals surface area (Å²) in [5.74, 6) is -0.661. The van der Waals surface area contributed by atoms with Crippen LogP contribution in [-0.2, 0) is 4.74 Å². The highest BCUT2D eigenvalue weighted by atomic mass is 35.5. The zero-order valence-electron chi connectivity index (χ0n) is 12.4. The van der Waals surface area contributed by atoms with E-state index >= 15 is 0 Å². The SMILES string of the molecule is CC1(C)CN(CN2C(=O)c3cc(Cl)c(Cl)cc3C2=O)CCO1.